The first-order chi connectivity index (χ1) is 10.4. The number of amides is 1. The monoisotopic (exact) mass is 310 g/mol. The molecule has 116 valence electrons. The number of carbonyl (C=O) groups is 1. The number of halogens is 3. The number of anilines is 2. The molecule has 2 aromatic rings. The Morgan fingerprint density at radius 3 is 2.45 bits per heavy atom. The third-order valence-electron chi connectivity index (χ3n) is 2.80. The van der Waals surface area contributed by atoms with E-state index in [2.05, 4.69) is 20.6 Å². The summed E-state index contributed by atoms with van der Waals surface area (Å²) in [5.41, 5.74) is 0.302. The van der Waals surface area contributed by atoms with Crippen LogP contribution in [0.1, 0.15) is 11.3 Å². The van der Waals surface area contributed by atoms with Gasteiger partial charge in [0.1, 0.15) is 5.69 Å². The molecule has 2 rings (SSSR count). The van der Waals surface area contributed by atoms with Gasteiger partial charge in [-0.25, -0.2) is 9.97 Å². The van der Waals surface area contributed by atoms with Crippen molar-refractivity contribution in [2.45, 2.75) is 12.6 Å². The van der Waals surface area contributed by atoms with Crippen molar-refractivity contribution in [1.29, 1.82) is 0 Å². The molecule has 0 aliphatic carbocycles. The Hall–Kier alpha value is -2.64. The Balaban J connectivity index is 2.09. The highest BCUT2D eigenvalue weighted by Crippen LogP contribution is 2.28. The molecule has 0 fully saturated rings. The number of aromatic nitrogens is 2. The summed E-state index contributed by atoms with van der Waals surface area (Å²) in [5.74, 6) is -0.268. The van der Waals surface area contributed by atoms with Gasteiger partial charge in [0.2, 0.25) is 11.9 Å². The van der Waals surface area contributed by atoms with Crippen molar-refractivity contribution in [3.8, 4) is 0 Å². The Morgan fingerprint density at radius 1 is 1.18 bits per heavy atom. The zero-order valence-corrected chi connectivity index (χ0v) is 11.6. The second-order valence-corrected chi connectivity index (χ2v) is 4.44. The topological polar surface area (TPSA) is 66.9 Å². The maximum absolute atomic E-state index is 12.6. The number of hydrogen-bond acceptors (Lipinski definition) is 4. The van der Waals surface area contributed by atoms with Gasteiger partial charge in [-0.1, -0.05) is 12.1 Å². The van der Waals surface area contributed by atoms with Crippen molar-refractivity contribution < 1.29 is 18.0 Å². The lowest BCUT2D eigenvalue weighted by Crippen LogP contribution is -2.19. The Kier molecular flexibility index (Phi) is 4.59. The van der Waals surface area contributed by atoms with Crippen molar-refractivity contribution in [3.63, 3.8) is 0 Å². The van der Waals surface area contributed by atoms with E-state index in [1.807, 2.05) is 0 Å². The van der Waals surface area contributed by atoms with Crippen LogP contribution in [0, 0.1) is 0 Å². The molecule has 22 heavy (non-hydrogen) atoms. The van der Waals surface area contributed by atoms with Gasteiger partial charge in [-0.05, 0) is 23.8 Å². The molecule has 0 aliphatic heterocycles. The van der Waals surface area contributed by atoms with E-state index in [0.29, 0.717) is 5.69 Å². The molecule has 0 radical (unpaired) electrons. The second kappa shape index (κ2) is 6.42. The molecule has 0 unspecified atom stereocenters. The van der Waals surface area contributed by atoms with E-state index in [1.54, 1.807) is 31.3 Å². The van der Waals surface area contributed by atoms with Gasteiger partial charge in [-0.2, -0.15) is 13.2 Å². The number of hydrogen-bond donors (Lipinski definition) is 2. The van der Waals surface area contributed by atoms with Crippen molar-refractivity contribution >= 4 is 17.5 Å². The third-order valence-corrected chi connectivity index (χ3v) is 2.80. The van der Waals surface area contributed by atoms with E-state index in [4.69, 9.17) is 0 Å². The van der Waals surface area contributed by atoms with Gasteiger partial charge >= 0.3 is 6.18 Å². The molecule has 8 heteroatoms. The maximum atomic E-state index is 12.6. The summed E-state index contributed by atoms with van der Waals surface area (Å²) in [4.78, 5) is 18.4. The van der Waals surface area contributed by atoms with Crippen molar-refractivity contribution in [2.75, 3.05) is 12.4 Å². The second-order valence-electron chi connectivity index (χ2n) is 4.44. The molecule has 1 amide bonds. The van der Waals surface area contributed by atoms with Crippen LogP contribution in [0.15, 0.2) is 36.5 Å². The zero-order chi connectivity index (χ0) is 16.2. The summed E-state index contributed by atoms with van der Waals surface area (Å²) in [6.45, 7) is 0. The number of nitrogens with zero attached hydrogens (tertiary/aromatic N) is 2. The first kappa shape index (κ1) is 15.7. The zero-order valence-electron chi connectivity index (χ0n) is 11.6. The molecule has 1 heterocycles. The molecule has 1 aromatic carbocycles. The summed E-state index contributed by atoms with van der Waals surface area (Å²) in [6, 6.07) is 7.48. The van der Waals surface area contributed by atoms with E-state index < -0.39 is 11.9 Å². The molecule has 5 nitrogen and oxygen atoms in total. The van der Waals surface area contributed by atoms with Crippen LogP contribution in [0.4, 0.5) is 24.8 Å². The molecule has 0 atom stereocenters. The van der Waals surface area contributed by atoms with Gasteiger partial charge in [0, 0.05) is 18.9 Å². The van der Waals surface area contributed by atoms with Crippen LogP contribution in [0.25, 0.3) is 0 Å². The molecule has 2 N–H and O–H groups in total. The summed E-state index contributed by atoms with van der Waals surface area (Å²) >= 11 is 0. The van der Waals surface area contributed by atoms with E-state index in [0.717, 1.165) is 17.8 Å². The Labute approximate surface area is 124 Å². The standard InChI is InChI=1S/C14H13F3N4O/c1-18-12(22)8-9-2-4-10(5-3-9)20-13-19-7-6-11(21-13)14(15,16)17/h2-7H,8H2,1H3,(H,18,22)(H,19,20,21). The predicted octanol–water partition coefficient (Wildman–Crippen LogP) is 2.53. The van der Waals surface area contributed by atoms with Crippen LogP contribution in [-0.2, 0) is 17.4 Å². The number of nitrogens with one attached hydrogen (secondary N) is 2. The number of carbonyl (C=O) groups excluding carboxylic acids is 1. The van der Waals surface area contributed by atoms with E-state index >= 15 is 0 Å². The van der Waals surface area contributed by atoms with Gasteiger partial charge in [0.25, 0.3) is 0 Å². The van der Waals surface area contributed by atoms with Crippen LogP contribution < -0.4 is 10.6 Å². The number of rotatable bonds is 4. The van der Waals surface area contributed by atoms with E-state index in [9.17, 15) is 18.0 Å². The third kappa shape index (κ3) is 4.18. The fraction of sp³-hybridized carbons (Fsp3) is 0.214. The van der Waals surface area contributed by atoms with Crippen molar-refractivity contribution in [1.82, 2.24) is 15.3 Å². The summed E-state index contributed by atoms with van der Waals surface area (Å²) in [7, 11) is 1.54. The molecule has 0 saturated heterocycles. The van der Waals surface area contributed by atoms with Gasteiger partial charge in [0.05, 0.1) is 6.42 Å². The van der Waals surface area contributed by atoms with Gasteiger partial charge in [-0.15, -0.1) is 0 Å². The molecular formula is C14H13F3N4O. The largest absolute Gasteiger partial charge is 0.433 e. The normalized spacial score (nSPS) is 11.1. The highest BCUT2D eigenvalue weighted by atomic mass is 19.4. The fourth-order valence-electron chi connectivity index (χ4n) is 1.69. The first-order valence-electron chi connectivity index (χ1n) is 6.35. The fourth-order valence-corrected chi connectivity index (χ4v) is 1.69. The van der Waals surface area contributed by atoms with Crippen molar-refractivity contribution in [2.24, 2.45) is 0 Å². The molecule has 0 aliphatic rings. The maximum Gasteiger partial charge on any atom is 0.433 e. The number of likely N-dealkylation sites (N-methyl/N-ethyl adjacent to an activating group) is 1. The smallest absolute Gasteiger partial charge is 0.359 e. The van der Waals surface area contributed by atoms with Crippen LogP contribution in [-0.4, -0.2) is 22.9 Å². The molecule has 0 spiro atoms. The lowest BCUT2D eigenvalue weighted by molar-refractivity contribution is -0.141. The molecule has 1 aromatic heterocycles. The van der Waals surface area contributed by atoms with E-state index in [1.165, 1.54) is 0 Å². The predicted molar refractivity (Wildman–Crippen MR) is 74.5 cm³/mol. The lowest BCUT2D eigenvalue weighted by Gasteiger charge is -2.09. The highest BCUT2D eigenvalue weighted by molar-refractivity contribution is 5.78. The van der Waals surface area contributed by atoms with Crippen LogP contribution in [0.2, 0.25) is 0 Å². The summed E-state index contributed by atoms with van der Waals surface area (Å²) in [5, 5.41) is 5.20. The number of alkyl halides is 3. The van der Waals surface area contributed by atoms with Crippen LogP contribution in [0.3, 0.4) is 0 Å². The minimum atomic E-state index is -4.52. The minimum absolute atomic E-state index is 0.123. The van der Waals surface area contributed by atoms with Gasteiger partial charge in [-0.3, -0.25) is 4.79 Å². The summed E-state index contributed by atoms with van der Waals surface area (Å²) < 4.78 is 37.7. The van der Waals surface area contributed by atoms with Crippen molar-refractivity contribution in [3.05, 3.63) is 47.8 Å². The SMILES string of the molecule is CNC(=O)Cc1ccc(Nc2nccc(C(F)(F)F)n2)cc1. The average molecular weight is 310 g/mol. The van der Waals surface area contributed by atoms with E-state index in [-0.39, 0.29) is 18.3 Å². The van der Waals surface area contributed by atoms with Gasteiger partial charge in [0.15, 0.2) is 0 Å². The molecule has 0 bridgehead atoms. The summed E-state index contributed by atoms with van der Waals surface area (Å²) in [6.07, 6.45) is -3.24. The molecular weight excluding hydrogens is 297 g/mol. The molecule has 0 saturated carbocycles. The number of benzene rings is 1. The Bertz CT molecular complexity index is 656. The van der Waals surface area contributed by atoms with Crippen LogP contribution in [0.5, 0.6) is 0 Å². The minimum Gasteiger partial charge on any atom is -0.359 e. The lowest BCUT2D eigenvalue weighted by atomic mass is 10.1. The first-order valence-corrected chi connectivity index (χ1v) is 6.35. The average Bonchev–Trinajstić information content (AvgIpc) is 2.48. The Morgan fingerprint density at radius 2 is 1.86 bits per heavy atom. The van der Waals surface area contributed by atoms with Crippen LogP contribution >= 0.6 is 0 Å². The van der Waals surface area contributed by atoms with Gasteiger partial charge < -0.3 is 10.6 Å². The highest BCUT2D eigenvalue weighted by Gasteiger charge is 2.32. The quantitative estimate of drug-likeness (QED) is 0.910.